The fraction of sp³-hybridized carbons (Fsp3) is 0.200. The maximum absolute atomic E-state index is 5.89. The van der Waals surface area contributed by atoms with E-state index in [4.69, 9.17) is 10.5 Å². The van der Waals surface area contributed by atoms with Gasteiger partial charge in [-0.15, -0.1) is 11.8 Å². The molecular weight excluding hydrogens is 322 g/mol. The van der Waals surface area contributed by atoms with E-state index in [1.54, 1.807) is 0 Å². The fourth-order valence-corrected chi connectivity index (χ4v) is 3.77. The van der Waals surface area contributed by atoms with E-state index in [-0.39, 0.29) is 0 Å². The minimum atomic E-state index is 0.478. The highest BCUT2D eigenvalue weighted by molar-refractivity contribution is 9.10. The predicted molar refractivity (Wildman–Crippen MR) is 83.8 cm³/mol. The summed E-state index contributed by atoms with van der Waals surface area (Å²) in [5, 5.41) is 0.478. The van der Waals surface area contributed by atoms with Crippen molar-refractivity contribution < 1.29 is 4.74 Å². The smallest absolute Gasteiger partial charge is 0.135 e. The standard InChI is InChI=1S/C15H14BrNOS/c16-15-12(17)5-3-6-13(15)18-9-11-8-10-4-1-2-7-14(10)19-11/h1-7,11H,8-9,17H2. The summed E-state index contributed by atoms with van der Waals surface area (Å²) in [5.74, 6) is 0.816. The summed E-state index contributed by atoms with van der Waals surface area (Å²) < 4.78 is 6.73. The van der Waals surface area contributed by atoms with Crippen molar-refractivity contribution in [3.8, 4) is 5.75 Å². The molecule has 1 aliphatic rings. The summed E-state index contributed by atoms with van der Waals surface area (Å²) >= 11 is 5.36. The zero-order valence-corrected chi connectivity index (χ0v) is 12.7. The molecule has 0 aromatic heterocycles. The van der Waals surface area contributed by atoms with E-state index < -0.39 is 0 Å². The Balaban J connectivity index is 1.64. The van der Waals surface area contributed by atoms with Crippen molar-refractivity contribution in [1.82, 2.24) is 0 Å². The van der Waals surface area contributed by atoms with Gasteiger partial charge in [-0.1, -0.05) is 24.3 Å². The number of ether oxygens (including phenoxy) is 1. The summed E-state index contributed by atoms with van der Waals surface area (Å²) in [6.45, 7) is 0.696. The lowest BCUT2D eigenvalue weighted by atomic mass is 10.1. The third-order valence-corrected chi connectivity index (χ3v) is 5.27. The highest BCUT2D eigenvalue weighted by atomic mass is 79.9. The second-order valence-electron chi connectivity index (χ2n) is 4.52. The Morgan fingerprint density at radius 2 is 2.05 bits per heavy atom. The Morgan fingerprint density at radius 3 is 2.89 bits per heavy atom. The quantitative estimate of drug-likeness (QED) is 0.856. The first-order valence-electron chi connectivity index (χ1n) is 6.15. The molecule has 98 valence electrons. The number of fused-ring (bicyclic) bond motifs is 1. The van der Waals surface area contributed by atoms with Crippen molar-refractivity contribution in [3.05, 3.63) is 52.5 Å². The van der Waals surface area contributed by atoms with Crippen LogP contribution in [0.3, 0.4) is 0 Å². The molecule has 0 saturated carbocycles. The Morgan fingerprint density at radius 1 is 1.21 bits per heavy atom. The number of nitrogen functional groups attached to an aromatic ring is 1. The number of halogens is 1. The second kappa shape index (κ2) is 5.47. The van der Waals surface area contributed by atoms with Gasteiger partial charge < -0.3 is 10.5 Å². The monoisotopic (exact) mass is 335 g/mol. The molecule has 1 heterocycles. The molecule has 0 saturated heterocycles. The number of hydrogen-bond acceptors (Lipinski definition) is 3. The van der Waals surface area contributed by atoms with Gasteiger partial charge in [0.25, 0.3) is 0 Å². The average Bonchev–Trinajstić information content (AvgIpc) is 2.83. The van der Waals surface area contributed by atoms with Gasteiger partial charge in [0.05, 0.1) is 4.47 Å². The van der Waals surface area contributed by atoms with E-state index in [1.807, 2.05) is 30.0 Å². The number of nitrogens with two attached hydrogens (primary N) is 1. The van der Waals surface area contributed by atoms with Crippen LogP contribution in [0.4, 0.5) is 5.69 Å². The van der Waals surface area contributed by atoms with Crippen LogP contribution in [0.25, 0.3) is 0 Å². The summed E-state index contributed by atoms with van der Waals surface area (Å²) in [5.41, 5.74) is 7.97. The lowest BCUT2D eigenvalue weighted by Crippen LogP contribution is -2.13. The molecule has 0 radical (unpaired) electrons. The molecule has 3 rings (SSSR count). The summed E-state index contributed by atoms with van der Waals surface area (Å²) in [6, 6.07) is 14.3. The Hall–Kier alpha value is -1.13. The third kappa shape index (κ3) is 2.74. The van der Waals surface area contributed by atoms with Crippen LogP contribution in [0.5, 0.6) is 5.75 Å². The summed E-state index contributed by atoms with van der Waals surface area (Å²) in [6.07, 6.45) is 1.07. The molecule has 0 bridgehead atoms. The molecular formula is C15H14BrNOS. The predicted octanol–water partition coefficient (Wildman–Crippen LogP) is 4.13. The molecule has 0 fully saturated rings. The molecule has 2 aromatic carbocycles. The van der Waals surface area contributed by atoms with Crippen molar-refractivity contribution in [2.75, 3.05) is 12.3 Å². The van der Waals surface area contributed by atoms with Gasteiger partial charge in [0.15, 0.2) is 0 Å². The van der Waals surface area contributed by atoms with Crippen LogP contribution in [0.1, 0.15) is 5.56 Å². The van der Waals surface area contributed by atoms with Crippen LogP contribution >= 0.6 is 27.7 Å². The van der Waals surface area contributed by atoms with E-state index in [1.165, 1.54) is 10.5 Å². The third-order valence-electron chi connectivity index (χ3n) is 3.13. The lowest BCUT2D eigenvalue weighted by molar-refractivity contribution is 0.316. The number of hydrogen-bond donors (Lipinski definition) is 1. The van der Waals surface area contributed by atoms with Gasteiger partial charge in [-0.3, -0.25) is 0 Å². The van der Waals surface area contributed by atoms with Crippen LogP contribution in [0, 0.1) is 0 Å². The Bertz CT molecular complexity index is 577. The molecule has 1 aliphatic heterocycles. The maximum Gasteiger partial charge on any atom is 0.135 e. The van der Waals surface area contributed by atoms with Gasteiger partial charge in [-0.05, 0) is 46.1 Å². The normalized spacial score (nSPS) is 17.2. The number of anilines is 1. The van der Waals surface area contributed by atoms with Gasteiger partial charge in [-0.25, -0.2) is 0 Å². The topological polar surface area (TPSA) is 35.2 Å². The zero-order chi connectivity index (χ0) is 13.2. The first-order chi connectivity index (χ1) is 9.24. The number of benzene rings is 2. The lowest BCUT2D eigenvalue weighted by Gasteiger charge is -2.13. The van der Waals surface area contributed by atoms with E-state index >= 15 is 0 Å². The van der Waals surface area contributed by atoms with Crippen molar-refractivity contribution in [2.24, 2.45) is 0 Å². The minimum absolute atomic E-state index is 0.478. The van der Waals surface area contributed by atoms with E-state index in [0.29, 0.717) is 17.5 Å². The Labute approximate surface area is 125 Å². The largest absolute Gasteiger partial charge is 0.491 e. The Kier molecular flexibility index (Phi) is 3.71. The van der Waals surface area contributed by atoms with Crippen molar-refractivity contribution >= 4 is 33.4 Å². The molecule has 1 atom stereocenters. The zero-order valence-electron chi connectivity index (χ0n) is 10.3. The highest BCUT2D eigenvalue weighted by Gasteiger charge is 2.22. The van der Waals surface area contributed by atoms with Gasteiger partial charge >= 0.3 is 0 Å². The first-order valence-corrected chi connectivity index (χ1v) is 7.82. The van der Waals surface area contributed by atoms with Gasteiger partial charge in [0.2, 0.25) is 0 Å². The molecule has 0 spiro atoms. The number of thioether (sulfide) groups is 1. The van der Waals surface area contributed by atoms with Crippen LogP contribution in [0.2, 0.25) is 0 Å². The van der Waals surface area contributed by atoms with Crippen molar-refractivity contribution in [1.29, 1.82) is 0 Å². The average molecular weight is 336 g/mol. The number of rotatable bonds is 3. The maximum atomic E-state index is 5.89. The summed E-state index contributed by atoms with van der Waals surface area (Å²) in [7, 11) is 0. The van der Waals surface area contributed by atoms with Crippen molar-refractivity contribution in [2.45, 2.75) is 16.6 Å². The minimum Gasteiger partial charge on any atom is -0.491 e. The molecule has 2 aromatic rings. The van der Waals surface area contributed by atoms with E-state index in [2.05, 4.69) is 40.2 Å². The highest BCUT2D eigenvalue weighted by Crippen LogP contribution is 2.37. The van der Waals surface area contributed by atoms with Crippen LogP contribution in [0.15, 0.2) is 51.8 Å². The molecule has 1 unspecified atom stereocenters. The molecule has 19 heavy (non-hydrogen) atoms. The molecule has 2 N–H and O–H groups in total. The SMILES string of the molecule is Nc1cccc(OCC2Cc3ccccc3S2)c1Br. The second-order valence-corrected chi connectivity index (χ2v) is 6.66. The van der Waals surface area contributed by atoms with E-state index in [9.17, 15) is 0 Å². The van der Waals surface area contributed by atoms with E-state index in [0.717, 1.165) is 16.6 Å². The molecule has 0 amide bonds. The first kappa shape index (κ1) is 12.9. The fourth-order valence-electron chi connectivity index (χ4n) is 2.17. The summed E-state index contributed by atoms with van der Waals surface area (Å²) in [4.78, 5) is 1.38. The van der Waals surface area contributed by atoms with Gasteiger partial charge in [0.1, 0.15) is 12.4 Å². The molecule has 2 nitrogen and oxygen atoms in total. The van der Waals surface area contributed by atoms with Crippen LogP contribution in [-0.2, 0) is 6.42 Å². The van der Waals surface area contributed by atoms with Crippen LogP contribution in [-0.4, -0.2) is 11.9 Å². The molecule has 0 aliphatic carbocycles. The van der Waals surface area contributed by atoms with Gasteiger partial charge in [0, 0.05) is 15.8 Å². The molecule has 4 heteroatoms. The van der Waals surface area contributed by atoms with Gasteiger partial charge in [-0.2, -0.15) is 0 Å². The van der Waals surface area contributed by atoms with Crippen LogP contribution < -0.4 is 10.5 Å². The van der Waals surface area contributed by atoms with Crippen molar-refractivity contribution in [3.63, 3.8) is 0 Å².